The predicted molar refractivity (Wildman–Crippen MR) is 51.6 cm³/mol. The second-order valence-corrected chi connectivity index (χ2v) is 3.42. The standard InChI is InChI=1S/C8H9ClN2.ClH/c9-7-1-4-11-5-6(7)8(10)2-3-8;/h1,4-5H,2-3,10H2;1H. The third kappa shape index (κ3) is 1.56. The number of nitrogens with two attached hydrogens (primary N) is 1. The molecule has 2 nitrogen and oxygen atoms in total. The van der Waals surface area contributed by atoms with Crippen molar-refractivity contribution in [2.75, 3.05) is 0 Å². The molecule has 66 valence electrons. The maximum Gasteiger partial charge on any atom is 0.0487 e. The summed E-state index contributed by atoms with van der Waals surface area (Å²) in [5.41, 5.74) is 6.77. The summed E-state index contributed by atoms with van der Waals surface area (Å²) in [5, 5.41) is 0.736. The average Bonchev–Trinajstić information content (AvgIpc) is 2.70. The smallest absolute Gasteiger partial charge is 0.0487 e. The SMILES string of the molecule is Cl.NC1(c2cnccc2Cl)CC1. The van der Waals surface area contributed by atoms with Crippen LogP contribution in [0.2, 0.25) is 5.02 Å². The summed E-state index contributed by atoms with van der Waals surface area (Å²) in [5.74, 6) is 0. The molecule has 1 fully saturated rings. The van der Waals surface area contributed by atoms with Gasteiger partial charge in [-0.15, -0.1) is 12.4 Å². The van der Waals surface area contributed by atoms with E-state index in [4.69, 9.17) is 17.3 Å². The molecule has 0 unspecified atom stereocenters. The minimum atomic E-state index is -0.161. The molecule has 0 bridgehead atoms. The van der Waals surface area contributed by atoms with Gasteiger partial charge in [-0.2, -0.15) is 0 Å². The van der Waals surface area contributed by atoms with E-state index in [-0.39, 0.29) is 17.9 Å². The number of pyridine rings is 1. The Kier molecular flexibility index (Phi) is 2.61. The van der Waals surface area contributed by atoms with E-state index in [1.807, 2.05) is 0 Å². The number of halogens is 2. The average molecular weight is 205 g/mol. The zero-order valence-corrected chi connectivity index (χ0v) is 8.03. The van der Waals surface area contributed by atoms with Crippen molar-refractivity contribution in [1.82, 2.24) is 4.98 Å². The predicted octanol–water partition coefficient (Wildman–Crippen LogP) is 2.10. The van der Waals surface area contributed by atoms with Gasteiger partial charge in [0.25, 0.3) is 0 Å². The van der Waals surface area contributed by atoms with Crippen molar-refractivity contribution in [1.29, 1.82) is 0 Å². The fraction of sp³-hybridized carbons (Fsp3) is 0.375. The van der Waals surface area contributed by atoms with Crippen LogP contribution in [0.4, 0.5) is 0 Å². The number of aromatic nitrogens is 1. The lowest BCUT2D eigenvalue weighted by Crippen LogP contribution is -2.19. The minimum absolute atomic E-state index is 0. The minimum Gasteiger partial charge on any atom is -0.321 e. The molecule has 4 heteroatoms. The summed E-state index contributed by atoms with van der Waals surface area (Å²) >= 11 is 5.93. The first-order valence-electron chi connectivity index (χ1n) is 3.61. The van der Waals surface area contributed by atoms with E-state index in [0.717, 1.165) is 23.4 Å². The van der Waals surface area contributed by atoms with Gasteiger partial charge in [0, 0.05) is 28.5 Å². The Morgan fingerprint density at radius 1 is 1.50 bits per heavy atom. The lowest BCUT2D eigenvalue weighted by atomic mass is 10.1. The number of hydrogen-bond acceptors (Lipinski definition) is 2. The van der Waals surface area contributed by atoms with Gasteiger partial charge in [-0.05, 0) is 18.9 Å². The van der Waals surface area contributed by atoms with E-state index in [9.17, 15) is 0 Å². The van der Waals surface area contributed by atoms with Gasteiger partial charge in [-0.1, -0.05) is 11.6 Å². The summed E-state index contributed by atoms with van der Waals surface area (Å²) < 4.78 is 0. The first kappa shape index (κ1) is 9.78. The molecular weight excluding hydrogens is 195 g/mol. The molecule has 1 aromatic heterocycles. The fourth-order valence-corrected chi connectivity index (χ4v) is 1.44. The lowest BCUT2D eigenvalue weighted by Gasteiger charge is -2.09. The van der Waals surface area contributed by atoms with Crippen molar-refractivity contribution in [3.8, 4) is 0 Å². The Hall–Kier alpha value is -0.310. The van der Waals surface area contributed by atoms with Gasteiger partial charge in [0.05, 0.1) is 0 Å². The molecule has 0 amide bonds. The van der Waals surface area contributed by atoms with Crippen LogP contribution >= 0.6 is 24.0 Å². The largest absolute Gasteiger partial charge is 0.321 e. The third-order valence-electron chi connectivity index (χ3n) is 2.09. The highest BCUT2D eigenvalue weighted by Gasteiger charge is 2.41. The van der Waals surface area contributed by atoms with E-state index >= 15 is 0 Å². The molecule has 12 heavy (non-hydrogen) atoms. The van der Waals surface area contributed by atoms with Crippen LogP contribution in [-0.4, -0.2) is 4.98 Å². The van der Waals surface area contributed by atoms with Gasteiger partial charge < -0.3 is 5.73 Å². The topological polar surface area (TPSA) is 38.9 Å². The molecule has 0 saturated heterocycles. The highest BCUT2D eigenvalue weighted by Crippen LogP contribution is 2.44. The molecule has 2 rings (SSSR count). The van der Waals surface area contributed by atoms with Gasteiger partial charge in [-0.3, -0.25) is 4.98 Å². The van der Waals surface area contributed by atoms with E-state index in [1.54, 1.807) is 18.5 Å². The third-order valence-corrected chi connectivity index (χ3v) is 2.42. The maximum absolute atomic E-state index is 5.94. The van der Waals surface area contributed by atoms with Crippen molar-refractivity contribution in [3.05, 3.63) is 29.0 Å². The Morgan fingerprint density at radius 2 is 2.17 bits per heavy atom. The number of nitrogens with zero attached hydrogens (tertiary/aromatic N) is 1. The van der Waals surface area contributed by atoms with Gasteiger partial charge in [-0.25, -0.2) is 0 Å². The Labute approximate surface area is 82.5 Å². The molecule has 1 aliphatic rings. The number of rotatable bonds is 1. The lowest BCUT2D eigenvalue weighted by molar-refractivity contribution is 0.735. The first-order valence-corrected chi connectivity index (χ1v) is 3.99. The van der Waals surface area contributed by atoms with Crippen LogP contribution in [-0.2, 0) is 5.54 Å². The highest BCUT2D eigenvalue weighted by atomic mass is 35.5. The molecule has 0 radical (unpaired) electrons. The van der Waals surface area contributed by atoms with Crippen LogP contribution in [0.25, 0.3) is 0 Å². The molecule has 1 aromatic rings. The normalized spacial score (nSPS) is 18.2. The van der Waals surface area contributed by atoms with Crippen molar-refractivity contribution in [3.63, 3.8) is 0 Å². The summed E-state index contributed by atoms with van der Waals surface area (Å²) in [4.78, 5) is 3.99. The summed E-state index contributed by atoms with van der Waals surface area (Å²) in [6.45, 7) is 0. The molecule has 0 aliphatic heterocycles. The monoisotopic (exact) mass is 204 g/mol. The van der Waals surface area contributed by atoms with Crippen molar-refractivity contribution < 1.29 is 0 Å². The van der Waals surface area contributed by atoms with Crippen molar-refractivity contribution in [2.24, 2.45) is 5.73 Å². The van der Waals surface area contributed by atoms with Crippen LogP contribution in [0.5, 0.6) is 0 Å². The van der Waals surface area contributed by atoms with Gasteiger partial charge >= 0.3 is 0 Å². The Morgan fingerprint density at radius 3 is 2.67 bits per heavy atom. The second-order valence-electron chi connectivity index (χ2n) is 3.01. The summed E-state index contributed by atoms with van der Waals surface area (Å²) in [6.07, 6.45) is 5.49. The Balaban J connectivity index is 0.000000720. The maximum atomic E-state index is 5.94. The zero-order chi connectivity index (χ0) is 7.90. The zero-order valence-electron chi connectivity index (χ0n) is 6.46. The van der Waals surface area contributed by atoms with Crippen LogP contribution < -0.4 is 5.73 Å². The summed E-state index contributed by atoms with van der Waals surface area (Å²) in [6, 6.07) is 1.78. The quantitative estimate of drug-likeness (QED) is 0.762. The molecule has 1 heterocycles. The van der Waals surface area contributed by atoms with E-state index in [2.05, 4.69) is 4.98 Å². The first-order chi connectivity index (χ1) is 5.22. The van der Waals surface area contributed by atoms with Crippen LogP contribution in [0.3, 0.4) is 0 Å². The van der Waals surface area contributed by atoms with Gasteiger partial charge in [0.2, 0.25) is 0 Å². The van der Waals surface area contributed by atoms with E-state index in [0.29, 0.717) is 0 Å². The molecular formula is C8H10Cl2N2. The molecule has 1 aliphatic carbocycles. The van der Waals surface area contributed by atoms with Crippen LogP contribution in [0.1, 0.15) is 18.4 Å². The van der Waals surface area contributed by atoms with Crippen LogP contribution in [0.15, 0.2) is 18.5 Å². The molecule has 1 saturated carbocycles. The number of hydrogen-bond donors (Lipinski definition) is 1. The Bertz CT molecular complexity index is 284. The molecule has 2 N–H and O–H groups in total. The van der Waals surface area contributed by atoms with Crippen LogP contribution in [0, 0.1) is 0 Å². The second kappa shape index (κ2) is 3.21. The highest BCUT2D eigenvalue weighted by molar-refractivity contribution is 6.31. The van der Waals surface area contributed by atoms with Gasteiger partial charge in [0.1, 0.15) is 0 Å². The van der Waals surface area contributed by atoms with E-state index < -0.39 is 0 Å². The van der Waals surface area contributed by atoms with Crippen molar-refractivity contribution in [2.45, 2.75) is 18.4 Å². The fourth-order valence-electron chi connectivity index (χ4n) is 1.15. The molecule has 0 aromatic carbocycles. The van der Waals surface area contributed by atoms with Gasteiger partial charge in [0.15, 0.2) is 0 Å². The summed E-state index contributed by atoms with van der Waals surface area (Å²) in [7, 11) is 0. The molecule has 0 spiro atoms. The molecule has 0 atom stereocenters. The van der Waals surface area contributed by atoms with E-state index in [1.165, 1.54) is 0 Å². The van der Waals surface area contributed by atoms with Crippen molar-refractivity contribution >= 4 is 24.0 Å².